The van der Waals surface area contributed by atoms with Gasteiger partial charge >= 0.3 is 0 Å². The summed E-state index contributed by atoms with van der Waals surface area (Å²) in [6, 6.07) is 3.47. The number of nitrogens with zero attached hydrogens (tertiary/aromatic N) is 1. The van der Waals surface area contributed by atoms with Crippen LogP contribution in [-0.2, 0) is 9.47 Å². The van der Waals surface area contributed by atoms with Crippen molar-refractivity contribution in [1.29, 1.82) is 0 Å². The van der Waals surface area contributed by atoms with Crippen LogP contribution in [0, 0.1) is 17.6 Å². The van der Waals surface area contributed by atoms with Crippen LogP contribution in [0.2, 0.25) is 0 Å². The number of aliphatic imine (C=N–C) groups is 1. The van der Waals surface area contributed by atoms with E-state index in [9.17, 15) is 8.78 Å². The molecule has 9 heteroatoms. The van der Waals surface area contributed by atoms with Crippen molar-refractivity contribution in [2.24, 2.45) is 10.9 Å². The Balaban J connectivity index is 0.00000392. The quantitative estimate of drug-likeness (QED) is 0.218. The van der Waals surface area contributed by atoms with Crippen LogP contribution in [0.15, 0.2) is 23.2 Å². The third kappa shape index (κ3) is 9.83. The predicted molar refractivity (Wildman–Crippen MR) is 116 cm³/mol. The van der Waals surface area contributed by atoms with Gasteiger partial charge in [0.2, 0.25) is 0 Å². The Kier molecular flexibility index (Phi) is 13.1. The van der Waals surface area contributed by atoms with Gasteiger partial charge in [-0.15, -0.1) is 24.0 Å². The number of nitrogens with one attached hydrogen (secondary N) is 2. The molecule has 0 bridgehead atoms. The third-order valence-corrected chi connectivity index (χ3v) is 4.23. The van der Waals surface area contributed by atoms with Crippen molar-refractivity contribution in [3.05, 3.63) is 29.8 Å². The molecule has 1 fully saturated rings. The predicted octanol–water partition coefficient (Wildman–Crippen LogP) is 2.96. The van der Waals surface area contributed by atoms with Crippen LogP contribution in [-0.4, -0.2) is 59.1 Å². The van der Waals surface area contributed by atoms with Crippen molar-refractivity contribution in [2.45, 2.75) is 19.3 Å². The molecule has 0 saturated carbocycles. The third-order valence-electron chi connectivity index (χ3n) is 4.23. The zero-order valence-electron chi connectivity index (χ0n) is 16.2. The summed E-state index contributed by atoms with van der Waals surface area (Å²) in [6.45, 7) is 4.74. The van der Waals surface area contributed by atoms with Crippen molar-refractivity contribution in [1.82, 2.24) is 10.6 Å². The molecule has 0 amide bonds. The summed E-state index contributed by atoms with van der Waals surface area (Å²) >= 11 is 0. The van der Waals surface area contributed by atoms with E-state index in [0.717, 1.165) is 57.8 Å². The minimum Gasteiger partial charge on any atom is -0.492 e. The van der Waals surface area contributed by atoms with E-state index in [1.54, 1.807) is 7.05 Å². The van der Waals surface area contributed by atoms with Crippen molar-refractivity contribution >= 4 is 29.9 Å². The molecule has 1 aliphatic rings. The first-order chi connectivity index (χ1) is 13.2. The normalized spacial score (nSPS) is 15.0. The first kappa shape index (κ1) is 24.8. The van der Waals surface area contributed by atoms with Crippen molar-refractivity contribution in [2.75, 3.05) is 53.2 Å². The van der Waals surface area contributed by atoms with E-state index in [1.165, 1.54) is 6.07 Å². The second kappa shape index (κ2) is 14.7. The van der Waals surface area contributed by atoms with Gasteiger partial charge in [0.25, 0.3) is 0 Å². The summed E-state index contributed by atoms with van der Waals surface area (Å²) in [5.74, 6) is -0.233. The minimum absolute atomic E-state index is 0. The van der Waals surface area contributed by atoms with Crippen molar-refractivity contribution in [3.8, 4) is 5.75 Å². The fraction of sp³-hybridized carbons (Fsp3) is 0.632. The molecule has 2 N–H and O–H groups in total. The first-order valence-corrected chi connectivity index (χ1v) is 9.37. The van der Waals surface area contributed by atoms with Gasteiger partial charge in [-0.1, -0.05) is 0 Å². The zero-order chi connectivity index (χ0) is 19.3. The molecular weight excluding hydrogens is 483 g/mol. The topological polar surface area (TPSA) is 64.1 Å². The van der Waals surface area contributed by atoms with Gasteiger partial charge in [0.1, 0.15) is 12.4 Å². The number of hydrogen-bond acceptors (Lipinski definition) is 4. The fourth-order valence-corrected chi connectivity index (χ4v) is 2.67. The van der Waals surface area contributed by atoms with Crippen LogP contribution < -0.4 is 15.4 Å². The molecule has 1 aliphatic heterocycles. The molecule has 2 rings (SSSR count). The van der Waals surface area contributed by atoms with E-state index in [4.69, 9.17) is 14.2 Å². The molecule has 1 heterocycles. The molecule has 1 aromatic carbocycles. The summed E-state index contributed by atoms with van der Waals surface area (Å²) in [6.07, 6.45) is 3.05. The lowest BCUT2D eigenvalue weighted by Crippen LogP contribution is -2.40. The van der Waals surface area contributed by atoms with Crippen LogP contribution in [0.1, 0.15) is 19.3 Å². The number of benzene rings is 1. The van der Waals surface area contributed by atoms with Crippen LogP contribution in [0.25, 0.3) is 0 Å². The smallest absolute Gasteiger partial charge is 0.191 e. The number of guanidine groups is 1. The fourth-order valence-electron chi connectivity index (χ4n) is 2.67. The van der Waals surface area contributed by atoms with Crippen LogP contribution in [0.4, 0.5) is 8.78 Å². The summed E-state index contributed by atoms with van der Waals surface area (Å²) in [5, 5.41) is 6.30. The van der Waals surface area contributed by atoms with E-state index in [1.807, 2.05) is 0 Å². The average Bonchev–Trinajstić information content (AvgIpc) is 2.69. The molecule has 0 aliphatic carbocycles. The standard InChI is InChI=1S/C19H29F2N3O3.HI/c1-22-19(23-7-2-9-26-14-15-5-10-25-11-6-15)24-8-12-27-16-3-4-17(20)18(21)13-16;/h3-4,13,15H,2,5-12,14H2,1H3,(H2,22,23,24);1H. The number of hydrogen-bond donors (Lipinski definition) is 2. The number of halogens is 3. The number of ether oxygens (including phenoxy) is 3. The summed E-state index contributed by atoms with van der Waals surface area (Å²) in [7, 11) is 1.69. The Morgan fingerprint density at radius 2 is 1.89 bits per heavy atom. The molecule has 6 nitrogen and oxygen atoms in total. The van der Waals surface area contributed by atoms with E-state index in [-0.39, 0.29) is 24.0 Å². The van der Waals surface area contributed by atoms with E-state index in [2.05, 4.69) is 15.6 Å². The van der Waals surface area contributed by atoms with Gasteiger partial charge in [-0.3, -0.25) is 4.99 Å². The number of rotatable bonds is 10. The van der Waals surface area contributed by atoms with Gasteiger partial charge in [-0.25, -0.2) is 8.78 Å². The Labute approximate surface area is 182 Å². The summed E-state index contributed by atoms with van der Waals surface area (Å²) in [5.41, 5.74) is 0. The minimum atomic E-state index is -0.919. The molecule has 1 aromatic rings. The summed E-state index contributed by atoms with van der Waals surface area (Å²) < 4.78 is 42.4. The van der Waals surface area contributed by atoms with Crippen LogP contribution >= 0.6 is 24.0 Å². The largest absolute Gasteiger partial charge is 0.492 e. The van der Waals surface area contributed by atoms with Gasteiger partial charge in [0.05, 0.1) is 6.54 Å². The van der Waals surface area contributed by atoms with Gasteiger partial charge in [0.15, 0.2) is 17.6 Å². The van der Waals surface area contributed by atoms with E-state index in [0.29, 0.717) is 37.4 Å². The highest BCUT2D eigenvalue weighted by Crippen LogP contribution is 2.15. The molecule has 0 spiro atoms. The maximum absolute atomic E-state index is 13.1. The zero-order valence-corrected chi connectivity index (χ0v) is 18.5. The Morgan fingerprint density at radius 3 is 2.61 bits per heavy atom. The molecule has 1 saturated heterocycles. The second-order valence-electron chi connectivity index (χ2n) is 6.33. The van der Waals surface area contributed by atoms with E-state index >= 15 is 0 Å². The average molecular weight is 513 g/mol. The lowest BCUT2D eigenvalue weighted by atomic mass is 10.0. The van der Waals surface area contributed by atoms with Gasteiger partial charge in [-0.05, 0) is 37.3 Å². The maximum atomic E-state index is 13.1. The van der Waals surface area contributed by atoms with Gasteiger partial charge in [0, 0.05) is 46.1 Å². The molecule has 28 heavy (non-hydrogen) atoms. The molecule has 0 aromatic heterocycles. The highest BCUT2D eigenvalue weighted by Gasteiger charge is 2.13. The molecular formula is C19H30F2IN3O3. The van der Waals surface area contributed by atoms with E-state index < -0.39 is 11.6 Å². The first-order valence-electron chi connectivity index (χ1n) is 9.37. The van der Waals surface area contributed by atoms with Gasteiger partial charge < -0.3 is 24.8 Å². The molecule has 0 unspecified atom stereocenters. The lowest BCUT2D eigenvalue weighted by Gasteiger charge is -2.21. The SMILES string of the molecule is CN=C(NCCCOCC1CCOCC1)NCCOc1ccc(F)c(F)c1.I. The molecule has 0 atom stereocenters. The van der Waals surface area contributed by atoms with Crippen LogP contribution in [0.5, 0.6) is 5.75 Å². The lowest BCUT2D eigenvalue weighted by molar-refractivity contribution is 0.0203. The Morgan fingerprint density at radius 1 is 1.14 bits per heavy atom. The van der Waals surface area contributed by atoms with Crippen molar-refractivity contribution in [3.63, 3.8) is 0 Å². The second-order valence-corrected chi connectivity index (χ2v) is 6.33. The molecule has 0 radical (unpaired) electrons. The Bertz CT molecular complexity index is 588. The van der Waals surface area contributed by atoms with Crippen LogP contribution in [0.3, 0.4) is 0 Å². The highest BCUT2D eigenvalue weighted by atomic mass is 127. The monoisotopic (exact) mass is 513 g/mol. The summed E-state index contributed by atoms with van der Waals surface area (Å²) in [4.78, 5) is 4.12. The van der Waals surface area contributed by atoms with Gasteiger partial charge in [-0.2, -0.15) is 0 Å². The molecule has 160 valence electrons. The Hall–Kier alpha value is -1.20. The maximum Gasteiger partial charge on any atom is 0.191 e. The highest BCUT2D eigenvalue weighted by molar-refractivity contribution is 14.0. The van der Waals surface area contributed by atoms with Crippen molar-refractivity contribution < 1.29 is 23.0 Å².